The Hall–Kier alpha value is -0.180. The van der Waals surface area contributed by atoms with Crippen molar-refractivity contribution < 1.29 is 9.53 Å². The molecule has 1 saturated carbocycles. The quantitative estimate of drug-likeness (QED) is 0.583. The second-order valence-corrected chi connectivity index (χ2v) is 4.78. The number of ether oxygens (including phenoxy) is 1. The summed E-state index contributed by atoms with van der Waals surface area (Å²) in [4.78, 5) is 11.6. The number of esters is 1. The molecule has 0 spiro atoms. The summed E-state index contributed by atoms with van der Waals surface area (Å²) in [5, 5.41) is 0. The Labute approximate surface area is 77.0 Å². The molecule has 12 heavy (non-hydrogen) atoms. The van der Waals surface area contributed by atoms with E-state index in [1.807, 2.05) is 11.8 Å². The smallest absolute Gasteiger partial charge is 0.312 e. The van der Waals surface area contributed by atoms with Gasteiger partial charge in [-0.25, -0.2) is 0 Å². The Balaban J connectivity index is 2.21. The lowest BCUT2D eigenvalue weighted by molar-refractivity contribution is -0.152. The molecule has 0 aromatic rings. The van der Waals surface area contributed by atoms with Crippen molar-refractivity contribution in [2.24, 2.45) is 11.3 Å². The summed E-state index contributed by atoms with van der Waals surface area (Å²) in [7, 11) is 1.51. The van der Waals surface area contributed by atoms with Crippen LogP contribution < -0.4 is 0 Å². The summed E-state index contributed by atoms with van der Waals surface area (Å²) < 4.78 is 4.89. The van der Waals surface area contributed by atoms with Crippen LogP contribution in [0.4, 0.5) is 0 Å². The van der Waals surface area contributed by atoms with E-state index in [-0.39, 0.29) is 11.4 Å². The molecule has 2 rings (SSSR count). The molecule has 2 atom stereocenters. The van der Waals surface area contributed by atoms with Crippen LogP contribution in [0.1, 0.15) is 19.3 Å². The van der Waals surface area contributed by atoms with Gasteiger partial charge in [0.15, 0.2) is 0 Å². The Morgan fingerprint density at radius 1 is 1.67 bits per heavy atom. The largest absolute Gasteiger partial charge is 0.469 e. The minimum atomic E-state index is -0.0839. The fraction of sp³-hybridized carbons (Fsp3) is 0.889. The number of thioether (sulfide) groups is 1. The average molecular weight is 186 g/mol. The fourth-order valence-electron chi connectivity index (χ4n) is 2.49. The van der Waals surface area contributed by atoms with Crippen LogP contribution >= 0.6 is 11.8 Å². The van der Waals surface area contributed by atoms with Crippen LogP contribution in [0.3, 0.4) is 0 Å². The lowest BCUT2D eigenvalue weighted by atomic mass is 9.81. The SMILES string of the molecule is COC(=O)[C@]12CCC[C@H]1CSC2. The molecule has 0 radical (unpaired) electrons. The van der Waals surface area contributed by atoms with Gasteiger partial charge in [-0.2, -0.15) is 11.8 Å². The van der Waals surface area contributed by atoms with Crippen LogP contribution in [0, 0.1) is 11.3 Å². The summed E-state index contributed by atoms with van der Waals surface area (Å²) in [5.74, 6) is 2.80. The van der Waals surface area contributed by atoms with Crippen molar-refractivity contribution in [2.75, 3.05) is 18.6 Å². The van der Waals surface area contributed by atoms with Gasteiger partial charge < -0.3 is 4.74 Å². The van der Waals surface area contributed by atoms with Crippen LogP contribution in [-0.4, -0.2) is 24.6 Å². The normalized spacial score (nSPS) is 39.6. The molecule has 1 aliphatic heterocycles. The fourth-order valence-corrected chi connectivity index (χ4v) is 4.24. The van der Waals surface area contributed by atoms with Crippen molar-refractivity contribution in [1.29, 1.82) is 0 Å². The van der Waals surface area contributed by atoms with E-state index in [1.165, 1.54) is 20.0 Å². The molecular weight excluding hydrogens is 172 g/mol. The number of methoxy groups -OCH3 is 1. The lowest BCUT2D eigenvalue weighted by Gasteiger charge is -2.24. The zero-order chi connectivity index (χ0) is 8.60. The molecule has 1 heterocycles. The third-order valence-corrected chi connectivity index (χ3v) is 4.58. The van der Waals surface area contributed by atoms with E-state index in [1.54, 1.807) is 0 Å². The number of rotatable bonds is 1. The van der Waals surface area contributed by atoms with Crippen molar-refractivity contribution in [1.82, 2.24) is 0 Å². The zero-order valence-electron chi connectivity index (χ0n) is 7.34. The predicted octanol–water partition coefficient (Wildman–Crippen LogP) is 1.69. The minimum Gasteiger partial charge on any atom is -0.469 e. The second kappa shape index (κ2) is 2.95. The molecule has 3 heteroatoms. The van der Waals surface area contributed by atoms with Crippen molar-refractivity contribution in [3.63, 3.8) is 0 Å². The van der Waals surface area contributed by atoms with Gasteiger partial charge in [0.05, 0.1) is 12.5 Å². The molecule has 2 fully saturated rings. The van der Waals surface area contributed by atoms with Gasteiger partial charge in [0.25, 0.3) is 0 Å². The first-order valence-corrected chi connectivity index (χ1v) is 5.61. The van der Waals surface area contributed by atoms with Crippen LogP contribution in [0.5, 0.6) is 0 Å². The first-order chi connectivity index (χ1) is 5.79. The number of fused-ring (bicyclic) bond motifs is 1. The minimum absolute atomic E-state index is 0.0370. The molecular formula is C9H14O2S. The molecule has 1 saturated heterocycles. The highest BCUT2D eigenvalue weighted by molar-refractivity contribution is 7.99. The van der Waals surface area contributed by atoms with Gasteiger partial charge >= 0.3 is 5.97 Å². The molecule has 2 aliphatic rings. The summed E-state index contributed by atoms with van der Waals surface area (Å²) in [6.07, 6.45) is 3.49. The topological polar surface area (TPSA) is 26.3 Å². The van der Waals surface area contributed by atoms with E-state index in [9.17, 15) is 4.79 Å². The zero-order valence-corrected chi connectivity index (χ0v) is 8.15. The molecule has 0 bridgehead atoms. The monoisotopic (exact) mass is 186 g/mol. The van der Waals surface area contributed by atoms with Gasteiger partial charge in [0.1, 0.15) is 0 Å². The summed E-state index contributed by atoms with van der Waals surface area (Å²) in [5.41, 5.74) is -0.0839. The van der Waals surface area contributed by atoms with Gasteiger partial charge in [0, 0.05) is 5.75 Å². The summed E-state index contributed by atoms with van der Waals surface area (Å²) in [6.45, 7) is 0. The van der Waals surface area contributed by atoms with Crippen molar-refractivity contribution in [3.8, 4) is 0 Å². The Kier molecular flexibility index (Phi) is 2.07. The van der Waals surface area contributed by atoms with E-state index in [0.717, 1.165) is 17.9 Å². The van der Waals surface area contributed by atoms with Crippen LogP contribution in [0.2, 0.25) is 0 Å². The van der Waals surface area contributed by atoms with E-state index in [0.29, 0.717) is 5.92 Å². The van der Waals surface area contributed by atoms with Crippen LogP contribution in [0.25, 0.3) is 0 Å². The van der Waals surface area contributed by atoms with Gasteiger partial charge in [-0.05, 0) is 24.5 Å². The number of carbonyl (C=O) groups excluding carboxylic acids is 1. The summed E-state index contributed by atoms with van der Waals surface area (Å²) in [6, 6.07) is 0. The van der Waals surface area contributed by atoms with Gasteiger partial charge in [0.2, 0.25) is 0 Å². The summed E-state index contributed by atoms with van der Waals surface area (Å²) >= 11 is 1.91. The predicted molar refractivity (Wildman–Crippen MR) is 49.1 cm³/mol. The van der Waals surface area contributed by atoms with Crippen molar-refractivity contribution in [2.45, 2.75) is 19.3 Å². The standard InChI is InChI=1S/C9H14O2S/c1-11-8(10)9-4-2-3-7(9)5-12-6-9/h7H,2-6H2,1H3/t7-,9-/m0/s1. The highest BCUT2D eigenvalue weighted by Crippen LogP contribution is 2.52. The Morgan fingerprint density at radius 2 is 2.50 bits per heavy atom. The first kappa shape index (κ1) is 8.42. The molecule has 68 valence electrons. The highest BCUT2D eigenvalue weighted by atomic mass is 32.2. The molecule has 0 aromatic heterocycles. The molecule has 1 aliphatic carbocycles. The molecule has 0 amide bonds. The van der Waals surface area contributed by atoms with Crippen LogP contribution in [-0.2, 0) is 9.53 Å². The Bertz CT molecular complexity index is 193. The van der Waals surface area contributed by atoms with Crippen molar-refractivity contribution >= 4 is 17.7 Å². The third-order valence-electron chi connectivity index (χ3n) is 3.23. The Morgan fingerprint density at radius 3 is 3.25 bits per heavy atom. The molecule has 0 N–H and O–H groups in total. The number of carbonyl (C=O) groups is 1. The number of hydrogen-bond acceptors (Lipinski definition) is 3. The van der Waals surface area contributed by atoms with Gasteiger partial charge in [-0.15, -0.1) is 0 Å². The first-order valence-electron chi connectivity index (χ1n) is 4.46. The molecule has 2 nitrogen and oxygen atoms in total. The average Bonchev–Trinajstić information content (AvgIpc) is 2.60. The number of hydrogen-bond donors (Lipinski definition) is 0. The van der Waals surface area contributed by atoms with Crippen molar-refractivity contribution in [3.05, 3.63) is 0 Å². The highest BCUT2D eigenvalue weighted by Gasteiger charge is 2.52. The molecule has 0 aromatic carbocycles. The third kappa shape index (κ3) is 0.987. The van der Waals surface area contributed by atoms with E-state index in [4.69, 9.17) is 4.74 Å². The maximum Gasteiger partial charge on any atom is 0.312 e. The maximum atomic E-state index is 11.6. The second-order valence-electron chi connectivity index (χ2n) is 3.75. The van der Waals surface area contributed by atoms with Gasteiger partial charge in [-0.3, -0.25) is 4.79 Å². The van der Waals surface area contributed by atoms with Crippen LogP contribution in [0.15, 0.2) is 0 Å². The van der Waals surface area contributed by atoms with E-state index in [2.05, 4.69) is 0 Å². The molecule has 0 unspecified atom stereocenters. The van der Waals surface area contributed by atoms with Gasteiger partial charge in [-0.1, -0.05) is 6.42 Å². The van der Waals surface area contributed by atoms with E-state index < -0.39 is 0 Å². The lowest BCUT2D eigenvalue weighted by Crippen LogP contribution is -2.34. The van der Waals surface area contributed by atoms with E-state index >= 15 is 0 Å². The maximum absolute atomic E-state index is 11.6.